The van der Waals surface area contributed by atoms with Crippen LogP contribution in [0.25, 0.3) is 0 Å². The molecule has 0 fully saturated rings. The number of nitrogens with zero attached hydrogens (tertiary/aromatic N) is 3. The van der Waals surface area contributed by atoms with Crippen LogP contribution in [0.2, 0.25) is 5.02 Å². The highest BCUT2D eigenvalue weighted by Gasteiger charge is 2.14. The van der Waals surface area contributed by atoms with E-state index in [2.05, 4.69) is 15.0 Å². The first kappa shape index (κ1) is 14.9. The Kier molecular flexibility index (Phi) is 4.71. The second kappa shape index (κ2) is 6.31. The number of sulfonamides is 1. The van der Waals surface area contributed by atoms with Gasteiger partial charge in [0.1, 0.15) is 0 Å². The lowest BCUT2D eigenvalue weighted by Gasteiger charge is -2.08. The van der Waals surface area contributed by atoms with Crippen molar-refractivity contribution in [1.82, 2.24) is 19.7 Å². The molecule has 108 valence electrons. The Morgan fingerprint density at radius 2 is 2.20 bits per heavy atom. The van der Waals surface area contributed by atoms with Crippen molar-refractivity contribution < 1.29 is 8.42 Å². The molecule has 1 aromatic heterocycles. The van der Waals surface area contributed by atoms with Gasteiger partial charge in [0.15, 0.2) is 0 Å². The molecule has 0 unspecified atom stereocenters. The highest BCUT2D eigenvalue weighted by molar-refractivity contribution is 7.89. The number of hydrogen-bond acceptors (Lipinski definition) is 5. The van der Waals surface area contributed by atoms with Crippen LogP contribution in [0.1, 0.15) is 5.56 Å². The molecule has 0 bridgehead atoms. The minimum atomic E-state index is -3.60. The van der Waals surface area contributed by atoms with Gasteiger partial charge in [0.25, 0.3) is 0 Å². The molecule has 0 saturated carbocycles. The third-order valence-corrected chi connectivity index (χ3v) is 4.47. The predicted molar refractivity (Wildman–Crippen MR) is 74.6 cm³/mol. The first-order valence-corrected chi connectivity index (χ1v) is 7.71. The maximum atomic E-state index is 12.1. The summed E-state index contributed by atoms with van der Waals surface area (Å²) in [6.45, 7) is 0.870. The highest BCUT2D eigenvalue weighted by Crippen LogP contribution is 2.20. The molecule has 0 aliphatic heterocycles. The summed E-state index contributed by atoms with van der Waals surface area (Å²) in [7, 11) is -3.60. The van der Waals surface area contributed by atoms with E-state index in [1.807, 2.05) is 0 Å². The van der Waals surface area contributed by atoms with E-state index >= 15 is 0 Å². The molecular weight excluding hydrogens is 302 g/mol. The Balaban J connectivity index is 2.04. The lowest BCUT2D eigenvalue weighted by Crippen LogP contribution is -2.27. The van der Waals surface area contributed by atoms with Crippen LogP contribution in [-0.2, 0) is 23.1 Å². The molecule has 9 heteroatoms. The SMILES string of the molecule is NCc1ccc(S(=O)(=O)NCCn2ccnn2)cc1Cl. The summed E-state index contributed by atoms with van der Waals surface area (Å²) in [5.41, 5.74) is 6.18. The number of hydrogen-bond donors (Lipinski definition) is 2. The van der Waals surface area contributed by atoms with Crippen LogP contribution < -0.4 is 10.5 Å². The van der Waals surface area contributed by atoms with E-state index in [-0.39, 0.29) is 18.0 Å². The molecule has 0 saturated heterocycles. The molecule has 7 nitrogen and oxygen atoms in total. The Labute approximate surface area is 121 Å². The number of nitrogens with two attached hydrogens (primary N) is 1. The van der Waals surface area contributed by atoms with Crippen LogP contribution in [0.4, 0.5) is 0 Å². The molecule has 2 rings (SSSR count). The van der Waals surface area contributed by atoms with E-state index in [9.17, 15) is 8.42 Å². The van der Waals surface area contributed by atoms with Gasteiger partial charge in [0.2, 0.25) is 10.0 Å². The van der Waals surface area contributed by atoms with E-state index in [4.69, 9.17) is 17.3 Å². The molecule has 0 spiro atoms. The monoisotopic (exact) mass is 315 g/mol. The normalized spacial score (nSPS) is 11.7. The molecule has 20 heavy (non-hydrogen) atoms. The second-order valence-electron chi connectivity index (χ2n) is 4.02. The molecule has 0 aliphatic rings. The van der Waals surface area contributed by atoms with Gasteiger partial charge in [-0.3, -0.25) is 4.68 Å². The van der Waals surface area contributed by atoms with Crippen molar-refractivity contribution in [2.24, 2.45) is 5.73 Å². The van der Waals surface area contributed by atoms with E-state index in [1.54, 1.807) is 12.3 Å². The van der Waals surface area contributed by atoms with Crippen molar-refractivity contribution in [2.45, 2.75) is 18.0 Å². The molecule has 1 heterocycles. The van der Waals surface area contributed by atoms with Gasteiger partial charge in [-0.15, -0.1) is 5.10 Å². The van der Waals surface area contributed by atoms with Crippen molar-refractivity contribution in [3.8, 4) is 0 Å². The molecule has 0 atom stereocenters. The molecule has 0 radical (unpaired) electrons. The van der Waals surface area contributed by atoms with Crippen LogP contribution in [-0.4, -0.2) is 30.0 Å². The summed E-state index contributed by atoms with van der Waals surface area (Å²) >= 11 is 5.96. The van der Waals surface area contributed by atoms with Gasteiger partial charge < -0.3 is 5.73 Å². The first-order chi connectivity index (χ1) is 9.53. The van der Waals surface area contributed by atoms with Gasteiger partial charge in [-0.25, -0.2) is 13.1 Å². The fourth-order valence-corrected chi connectivity index (χ4v) is 2.96. The Morgan fingerprint density at radius 3 is 2.80 bits per heavy atom. The van der Waals surface area contributed by atoms with Gasteiger partial charge in [0.05, 0.1) is 17.6 Å². The number of benzene rings is 1. The number of nitrogens with one attached hydrogen (secondary N) is 1. The predicted octanol–water partition coefficient (Wildman–Crippen LogP) is 0.369. The summed E-state index contributed by atoms with van der Waals surface area (Å²) in [4.78, 5) is 0.110. The molecule has 0 amide bonds. The summed E-state index contributed by atoms with van der Waals surface area (Å²) in [6, 6.07) is 4.47. The smallest absolute Gasteiger partial charge is 0.240 e. The quantitative estimate of drug-likeness (QED) is 0.801. The molecule has 3 N–H and O–H groups in total. The summed E-state index contributed by atoms with van der Waals surface area (Å²) in [5.74, 6) is 0. The van der Waals surface area contributed by atoms with Crippen LogP contribution >= 0.6 is 11.6 Å². The van der Waals surface area contributed by atoms with Gasteiger partial charge in [0, 0.05) is 24.3 Å². The lowest BCUT2D eigenvalue weighted by molar-refractivity contribution is 0.553. The maximum Gasteiger partial charge on any atom is 0.240 e. The van der Waals surface area contributed by atoms with Crippen LogP contribution in [0.3, 0.4) is 0 Å². The molecular formula is C11H14ClN5O2S. The number of halogens is 1. The van der Waals surface area contributed by atoms with Gasteiger partial charge >= 0.3 is 0 Å². The van der Waals surface area contributed by atoms with E-state index in [1.165, 1.54) is 23.0 Å². The minimum Gasteiger partial charge on any atom is -0.326 e. The molecule has 1 aromatic carbocycles. The highest BCUT2D eigenvalue weighted by atomic mass is 35.5. The zero-order valence-electron chi connectivity index (χ0n) is 10.5. The fourth-order valence-electron chi connectivity index (χ4n) is 1.59. The third kappa shape index (κ3) is 3.54. The average Bonchev–Trinajstić information content (AvgIpc) is 2.91. The van der Waals surface area contributed by atoms with Gasteiger partial charge in [-0.2, -0.15) is 0 Å². The van der Waals surface area contributed by atoms with Crippen molar-refractivity contribution in [3.63, 3.8) is 0 Å². The molecule has 0 aliphatic carbocycles. The minimum absolute atomic E-state index is 0.110. The second-order valence-corrected chi connectivity index (χ2v) is 6.20. The van der Waals surface area contributed by atoms with Crippen molar-refractivity contribution in [2.75, 3.05) is 6.54 Å². The summed E-state index contributed by atoms with van der Waals surface area (Å²) in [5, 5.41) is 7.71. The van der Waals surface area contributed by atoms with E-state index in [0.717, 1.165) is 0 Å². The van der Waals surface area contributed by atoms with Crippen LogP contribution in [0, 0.1) is 0 Å². The fraction of sp³-hybridized carbons (Fsp3) is 0.273. The van der Waals surface area contributed by atoms with Gasteiger partial charge in [-0.05, 0) is 17.7 Å². The topological polar surface area (TPSA) is 103 Å². The zero-order valence-corrected chi connectivity index (χ0v) is 12.1. The van der Waals surface area contributed by atoms with E-state index in [0.29, 0.717) is 17.1 Å². The zero-order chi connectivity index (χ0) is 14.6. The maximum absolute atomic E-state index is 12.1. The number of aromatic nitrogens is 3. The Morgan fingerprint density at radius 1 is 1.40 bits per heavy atom. The summed E-state index contributed by atoms with van der Waals surface area (Å²) in [6.07, 6.45) is 3.18. The van der Waals surface area contributed by atoms with E-state index < -0.39 is 10.0 Å². The standard InChI is InChI=1S/C11H14ClN5O2S/c12-11-7-10(2-1-9(11)8-13)20(18,19)15-4-6-17-5-3-14-16-17/h1-3,5,7,15H,4,6,8,13H2. The largest absolute Gasteiger partial charge is 0.326 e. The van der Waals surface area contributed by atoms with Crippen LogP contribution in [0.5, 0.6) is 0 Å². The first-order valence-electron chi connectivity index (χ1n) is 5.85. The van der Waals surface area contributed by atoms with Crippen molar-refractivity contribution in [3.05, 3.63) is 41.2 Å². The van der Waals surface area contributed by atoms with Crippen molar-refractivity contribution >= 4 is 21.6 Å². The average molecular weight is 316 g/mol. The summed E-state index contributed by atoms with van der Waals surface area (Å²) < 4.78 is 28.1. The third-order valence-electron chi connectivity index (χ3n) is 2.66. The van der Waals surface area contributed by atoms with Gasteiger partial charge in [-0.1, -0.05) is 22.9 Å². The van der Waals surface area contributed by atoms with Crippen molar-refractivity contribution in [1.29, 1.82) is 0 Å². The lowest BCUT2D eigenvalue weighted by atomic mass is 10.2. The molecule has 2 aromatic rings. The Hall–Kier alpha value is -1.48. The van der Waals surface area contributed by atoms with Crippen LogP contribution in [0.15, 0.2) is 35.5 Å². The Bertz CT molecular complexity index is 672. The number of rotatable bonds is 6.